The van der Waals surface area contributed by atoms with E-state index in [-0.39, 0.29) is 23.4 Å². The molecule has 1 amide bonds. The van der Waals surface area contributed by atoms with Crippen LogP contribution in [0.3, 0.4) is 0 Å². The van der Waals surface area contributed by atoms with E-state index in [9.17, 15) is 14.7 Å². The first-order valence-corrected chi connectivity index (χ1v) is 8.46. The Balaban J connectivity index is 1.73. The van der Waals surface area contributed by atoms with E-state index in [1.807, 2.05) is 30.3 Å². The molecule has 2 N–H and O–H groups in total. The Labute approximate surface area is 156 Å². The van der Waals surface area contributed by atoms with Crippen molar-refractivity contribution in [1.82, 2.24) is 9.88 Å². The first-order chi connectivity index (χ1) is 13.1. The molecule has 3 rings (SSSR count). The first kappa shape index (κ1) is 18.3. The van der Waals surface area contributed by atoms with Crippen LogP contribution in [-0.4, -0.2) is 22.7 Å². The highest BCUT2D eigenvalue weighted by Crippen LogP contribution is 2.26. The molecule has 0 aliphatic heterocycles. The van der Waals surface area contributed by atoms with Crippen molar-refractivity contribution in [3.05, 3.63) is 93.9 Å². The fraction of sp³-hybridized carbons (Fsp3) is 0.143. The lowest BCUT2D eigenvalue weighted by atomic mass is 10.2. The summed E-state index contributed by atoms with van der Waals surface area (Å²) >= 11 is 0. The van der Waals surface area contributed by atoms with Crippen molar-refractivity contribution in [1.29, 1.82) is 0 Å². The van der Waals surface area contributed by atoms with E-state index < -0.39 is 5.91 Å². The van der Waals surface area contributed by atoms with Crippen LogP contribution in [0.2, 0.25) is 0 Å². The molecule has 0 saturated carbocycles. The third-order valence-electron chi connectivity index (χ3n) is 4.16. The van der Waals surface area contributed by atoms with Gasteiger partial charge in [0.05, 0.1) is 13.7 Å². The number of ether oxygens (including phenoxy) is 1. The summed E-state index contributed by atoms with van der Waals surface area (Å²) < 4.78 is 6.56. The van der Waals surface area contributed by atoms with Gasteiger partial charge >= 0.3 is 0 Å². The van der Waals surface area contributed by atoms with Crippen LogP contribution in [0.4, 0.5) is 0 Å². The van der Waals surface area contributed by atoms with Gasteiger partial charge in [-0.05, 0) is 35.4 Å². The zero-order chi connectivity index (χ0) is 19.2. The van der Waals surface area contributed by atoms with Gasteiger partial charge in [-0.15, -0.1) is 0 Å². The van der Waals surface area contributed by atoms with Crippen LogP contribution in [-0.2, 0) is 13.1 Å². The Morgan fingerprint density at radius 1 is 1.07 bits per heavy atom. The van der Waals surface area contributed by atoms with Crippen molar-refractivity contribution in [2.75, 3.05) is 7.11 Å². The fourth-order valence-electron chi connectivity index (χ4n) is 2.72. The van der Waals surface area contributed by atoms with Gasteiger partial charge in [0.15, 0.2) is 11.5 Å². The summed E-state index contributed by atoms with van der Waals surface area (Å²) in [5.74, 6) is -0.0967. The van der Waals surface area contributed by atoms with Gasteiger partial charge in [-0.3, -0.25) is 9.59 Å². The molecule has 0 atom stereocenters. The van der Waals surface area contributed by atoms with Crippen LogP contribution in [0.15, 0.2) is 71.7 Å². The molecule has 0 aliphatic rings. The molecule has 1 heterocycles. The van der Waals surface area contributed by atoms with E-state index in [0.717, 1.165) is 11.1 Å². The predicted molar refractivity (Wildman–Crippen MR) is 102 cm³/mol. The van der Waals surface area contributed by atoms with Gasteiger partial charge in [-0.1, -0.05) is 36.4 Å². The Morgan fingerprint density at radius 3 is 2.59 bits per heavy atom. The number of hydrogen-bond acceptors (Lipinski definition) is 4. The maximum atomic E-state index is 12.6. The fourth-order valence-corrected chi connectivity index (χ4v) is 2.72. The molecule has 0 bridgehead atoms. The number of carbonyl (C=O) groups excluding carboxylic acids is 1. The molecule has 6 heteroatoms. The molecule has 27 heavy (non-hydrogen) atoms. The molecule has 138 valence electrons. The molecular formula is C21H20N2O4. The van der Waals surface area contributed by atoms with Gasteiger partial charge in [0, 0.05) is 12.7 Å². The number of amides is 1. The number of benzene rings is 2. The van der Waals surface area contributed by atoms with Gasteiger partial charge in [-0.2, -0.15) is 0 Å². The minimum Gasteiger partial charge on any atom is -0.504 e. The molecule has 2 aromatic carbocycles. The van der Waals surface area contributed by atoms with E-state index in [2.05, 4.69) is 5.32 Å². The van der Waals surface area contributed by atoms with E-state index in [1.165, 1.54) is 23.8 Å². The Morgan fingerprint density at radius 2 is 1.85 bits per heavy atom. The summed E-state index contributed by atoms with van der Waals surface area (Å²) in [6.45, 7) is 0.610. The Hall–Kier alpha value is -3.54. The summed E-state index contributed by atoms with van der Waals surface area (Å²) in [4.78, 5) is 25.1. The third kappa shape index (κ3) is 4.36. The average molecular weight is 364 g/mol. The third-order valence-corrected chi connectivity index (χ3v) is 4.16. The molecule has 0 aliphatic carbocycles. The number of phenols is 1. The number of nitrogens with one attached hydrogen (secondary N) is 1. The van der Waals surface area contributed by atoms with E-state index in [1.54, 1.807) is 24.4 Å². The normalized spacial score (nSPS) is 10.4. The van der Waals surface area contributed by atoms with Crippen molar-refractivity contribution in [3.8, 4) is 11.5 Å². The largest absolute Gasteiger partial charge is 0.504 e. The molecule has 0 radical (unpaired) electrons. The average Bonchev–Trinajstić information content (AvgIpc) is 2.69. The number of pyridine rings is 1. The number of carbonyl (C=O) groups is 1. The molecule has 0 fully saturated rings. The molecule has 6 nitrogen and oxygen atoms in total. The maximum Gasteiger partial charge on any atom is 0.263 e. The summed E-state index contributed by atoms with van der Waals surface area (Å²) in [5, 5.41) is 12.4. The lowest BCUT2D eigenvalue weighted by Gasteiger charge is -2.10. The van der Waals surface area contributed by atoms with Gasteiger partial charge in [-0.25, -0.2) is 0 Å². The predicted octanol–water partition coefficient (Wildman–Crippen LogP) is 2.54. The van der Waals surface area contributed by atoms with Gasteiger partial charge < -0.3 is 19.7 Å². The number of phenolic OH excluding ortho intramolecular Hbond substituents is 1. The smallest absolute Gasteiger partial charge is 0.263 e. The highest BCUT2D eigenvalue weighted by molar-refractivity contribution is 5.93. The van der Waals surface area contributed by atoms with E-state index in [4.69, 9.17) is 4.74 Å². The summed E-state index contributed by atoms with van der Waals surface area (Å²) in [7, 11) is 1.45. The zero-order valence-corrected chi connectivity index (χ0v) is 14.9. The minimum absolute atomic E-state index is 0.0273. The summed E-state index contributed by atoms with van der Waals surface area (Å²) in [5.41, 5.74) is 1.47. The highest BCUT2D eigenvalue weighted by Gasteiger charge is 2.12. The topological polar surface area (TPSA) is 80.6 Å². The quantitative estimate of drug-likeness (QED) is 0.704. The minimum atomic E-state index is -0.450. The van der Waals surface area contributed by atoms with E-state index >= 15 is 0 Å². The number of aromatic hydroxyl groups is 1. The maximum absolute atomic E-state index is 12.6. The number of aromatic nitrogens is 1. The standard InChI is InChI=1S/C21H20N2O4/c1-27-19-12-16(9-10-18(19)24)13-22-20(25)17-8-5-11-23(21(17)26)14-15-6-3-2-4-7-15/h2-12,24H,13-14H2,1H3,(H,22,25). The Bertz CT molecular complexity index is 997. The van der Waals surface area contributed by atoms with Crippen LogP contribution >= 0.6 is 0 Å². The van der Waals surface area contributed by atoms with Gasteiger partial charge in [0.1, 0.15) is 5.56 Å². The first-order valence-electron chi connectivity index (χ1n) is 8.46. The monoisotopic (exact) mass is 364 g/mol. The lowest BCUT2D eigenvalue weighted by molar-refractivity contribution is 0.0948. The van der Waals surface area contributed by atoms with Crippen molar-refractivity contribution in [3.63, 3.8) is 0 Å². The van der Waals surface area contributed by atoms with E-state index in [0.29, 0.717) is 12.3 Å². The summed E-state index contributed by atoms with van der Waals surface area (Å²) in [6.07, 6.45) is 1.66. The van der Waals surface area contributed by atoms with Gasteiger partial charge in [0.2, 0.25) is 0 Å². The second kappa shape index (κ2) is 8.23. The SMILES string of the molecule is COc1cc(CNC(=O)c2cccn(Cc3ccccc3)c2=O)ccc1O. The van der Waals surface area contributed by atoms with Crippen LogP contribution < -0.4 is 15.6 Å². The van der Waals surface area contributed by atoms with Crippen molar-refractivity contribution >= 4 is 5.91 Å². The van der Waals surface area contributed by atoms with Crippen molar-refractivity contribution < 1.29 is 14.6 Å². The van der Waals surface area contributed by atoms with Crippen LogP contribution in [0.1, 0.15) is 21.5 Å². The number of hydrogen-bond donors (Lipinski definition) is 2. The number of rotatable bonds is 6. The van der Waals surface area contributed by atoms with Gasteiger partial charge in [0.25, 0.3) is 11.5 Å². The molecule has 1 aromatic heterocycles. The second-order valence-corrected chi connectivity index (χ2v) is 6.03. The lowest BCUT2D eigenvalue weighted by Crippen LogP contribution is -2.32. The van der Waals surface area contributed by atoms with Crippen LogP contribution in [0.5, 0.6) is 11.5 Å². The van der Waals surface area contributed by atoms with Crippen molar-refractivity contribution in [2.45, 2.75) is 13.1 Å². The zero-order valence-electron chi connectivity index (χ0n) is 14.9. The van der Waals surface area contributed by atoms with Crippen LogP contribution in [0.25, 0.3) is 0 Å². The molecule has 0 saturated heterocycles. The molecular weight excluding hydrogens is 344 g/mol. The number of methoxy groups -OCH3 is 1. The second-order valence-electron chi connectivity index (χ2n) is 6.03. The molecule has 0 spiro atoms. The van der Waals surface area contributed by atoms with Crippen molar-refractivity contribution in [2.24, 2.45) is 0 Å². The molecule has 3 aromatic rings. The van der Waals surface area contributed by atoms with Crippen LogP contribution in [0, 0.1) is 0 Å². The highest BCUT2D eigenvalue weighted by atomic mass is 16.5. The number of nitrogens with zero attached hydrogens (tertiary/aromatic N) is 1. The summed E-state index contributed by atoms with van der Waals surface area (Å²) in [6, 6.07) is 17.6. The Kier molecular flexibility index (Phi) is 5.56. The molecule has 0 unspecified atom stereocenters.